The number of rotatable bonds is 6. The molecule has 0 aliphatic carbocycles. The second kappa shape index (κ2) is 7.07. The van der Waals surface area contributed by atoms with Crippen molar-refractivity contribution in [1.29, 1.82) is 0 Å². The van der Waals surface area contributed by atoms with Gasteiger partial charge in [-0.25, -0.2) is 13.1 Å². The van der Waals surface area contributed by atoms with Crippen molar-refractivity contribution in [3.05, 3.63) is 70.8 Å². The first kappa shape index (κ1) is 16.7. The number of nitrogens with one attached hydrogen (secondary N) is 1. The average molecular weight is 317 g/mol. The molecule has 118 valence electrons. The van der Waals surface area contributed by atoms with Crippen LogP contribution in [0.4, 0.5) is 0 Å². The van der Waals surface area contributed by atoms with Gasteiger partial charge in [0, 0.05) is 6.04 Å². The Morgan fingerprint density at radius 3 is 2.27 bits per heavy atom. The molecule has 0 aliphatic heterocycles. The van der Waals surface area contributed by atoms with Gasteiger partial charge < -0.3 is 0 Å². The van der Waals surface area contributed by atoms with Gasteiger partial charge >= 0.3 is 0 Å². The van der Waals surface area contributed by atoms with Crippen LogP contribution in [-0.4, -0.2) is 8.42 Å². The minimum atomic E-state index is -3.37. The van der Waals surface area contributed by atoms with Crippen molar-refractivity contribution in [1.82, 2.24) is 4.72 Å². The molecule has 2 aromatic rings. The van der Waals surface area contributed by atoms with E-state index in [2.05, 4.69) is 11.6 Å². The summed E-state index contributed by atoms with van der Waals surface area (Å²) in [6.07, 6.45) is 0.980. The Balaban J connectivity index is 2.09. The molecule has 0 radical (unpaired) electrons. The first-order valence-electron chi connectivity index (χ1n) is 7.54. The average Bonchev–Trinajstić information content (AvgIpc) is 2.49. The van der Waals surface area contributed by atoms with Crippen molar-refractivity contribution < 1.29 is 8.42 Å². The van der Waals surface area contributed by atoms with Crippen LogP contribution >= 0.6 is 0 Å². The molecule has 0 heterocycles. The summed E-state index contributed by atoms with van der Waals surface area (Å²) in [6.45, 7) is 5.90. The summed E-state index contributed by atoms with van der Waals surface area (Å²) in [5.74, 6) is 0.0110. The molecule has 1 N–H and O–H groups in total. The topological polar surface area (TPSA) is 46.2 Å². The van der Waals surface area contributed by atoms with E-state index in [4.69, 9.17) is 0 Å². The Labute approximate surface area is 133 Å². The number of benzene rings is 2. The maximum absolute atomic E-state index is 12.3. The molecule has 0 aliphatic rings. The Hall–Kier alpha value is -1.65. The lowest BCUT2D eigenvalue weighted by molar-refractivity contribution is 0.566. The first-order valence-corrected chi connectivity index (χ1v) is 9.20. The zero-order valence-electron chi connectivity index (χ0n) is 13.3. The first-order chi connectivity index (χ1) is 10.4. The lowest BCUT2D eigenvalue weighted by Gasteiger charge is -2.16. The van der Waals surface area contributed by atoms with E-state index in [0.717, 1.165) is 23.1 Å². The molecule has 22 heavy (non-hydrogen) atoms. The minimum absolute atomic E-state index is 0.0110. The lowest BCUT2D eigenvalue weighted by atomic mass is 10.1. The molecule has 4 heteroatoms. The molecule has 2 rings (SSSR count). The maximum atomic E-state index is 12.3. The van der Waals surface area contributed by atoms with Crippen molar-refractivity contribution in [2.24, 2.45) is 0 Å². The van der Waals surface area contributed by atoms with E-state index in [9.17, 15) is 8.42 Å². The molecule has 0 fully saturated rings. The molecule has 0 saturated carbocycles. The number of sulfonamides is 1. The standard InChI is InChI=1S/C18H23NO2S/c1-4-16-9-11-17(12-10-16)15(3)19-22(20,21)13-18-8-6-5-7-14(18)2/h5-12,15,19H,4,13H2,1-3H3/t15-/m0/s1. The van der Waals surface area contributed by atoms with Gasteiger partial charge in [-0.05, 0) is 42.5 Å². The van der Waals surface area contributed by atoms with Crippen LogP contribution < -0.4 is 4.72 Å². The summed E-state index contributed by atoms with van der Waals surface area (Å²) < 4.78 is 27.5. The van der Waals surface area contributed by atoms with Gasteiger partial charge in [-0.3, -0.25) is 0 Å². The third-order valence-corrected chi connectivity index (χ3v) is 5.25. The van der Waals surface area contributed by atoms with Crippen molar-refractivity contribution in [2.75, 3.05) is 0 Å². The molecule has 2 aromatic carbocycles. The Morgan fingerprint density at radius 2 is 1.68 bits per heavy atom. The molecule has 0 spiro atoms. The Bertz CT molecular complexity index is 721. The van der Waals surface area contributed by atoms with Gasteiger partial charge in [0.25, 0.3) is 0 Å². The van der Waals surface area contributed by atoms with Crippen molar-refractivity contribution in [3.63, 3.8) is 0 Å². The Kier molecular flexibility index (Phi) is 5.37. The second-order valence-electron chi connectivity index (χ2n) is 5.62. The van der Waals surface area contributed by atoms with Gasteiger partial charge in [0.05, 0.1) is 5.75 Å². The summed E-state index contributed by atoms with van der Waals surface area (Å²) >= 11 is 0. The van der Waals surface area contributed by atoms with E-state index in [1.807, 2.05) is 62.4 Å². The summed E-state index contributed by atoms with van der Waals surface area (Å²) in [5, 5.41) is 0. The van der Waals surface area contributed by atoms with Crippen LogP contribution in [0.1, 0.15) is 42.1 Å². The highest BCUT2D eigenvalue weighted by Gasteiger charge is 2.17. The van der Waals surface area contributed by atoms with Crippen molar-refractivity contribution in [2.45, 2.75) is 39.0 Å². The van der Waals surface area contributed by atoms with Crippen molar-refractivity contribution in [3.8, 4) is 0 Å². The summed E-state index contributed by atoms with van der Waals surface area (Å²) in [5.41, 5.74) is 4.06. The fourth-order valence-electron chi connectivity index (χ4n) is 2.40. The molecule has 0 aromatic heterocycles. The minimum Gasteiger partial charge on any atom is -0.212 e. The normalized spacial score (nSPS) is 13.0. The number of hydrogen-bond donors (Lipinski definition) is 1. The molecular weight excluding hydrogens is 294 g/mol. The van der Waals surface area contributed by atoms with Gasteiger partial charge in [-0.1, -0.05) is 55.5 Å². The number of hydrogen-bond acceptors (Lipinski definition) is 2. The predicted octanol–water partition coefficient (Wildman–Crippen LogP) is 3.74. The van der Waals surface area contributed by atoms with Gasteiger partial charge in [-0.2, -0.15) is 0 Å². The van der Waals surface area contributed by atoms with Crippen LogP contribution in [0, 0.1) is 6.92 Å². The highest BCUT2D eigenvalue weighted by Crippen LogP contribution is 2.17. The van der Waals surface area contributed by atoms with E-state index in [-0.39, 0.29) is 11.8 Å². The van der Waals surface area contributed by atoms with Crippen LogP contribution in [0.2, 0.25) is 0 Å². The number of aryl methyl sites for hydroxylation is 2. The monoisotopic (exact) mass is 317 g/mol. The molecule has 0 bridgehead atoms. The summed E-state index contributed by atoms with van der Waals surface area (Å²) in [6, 6.07) is 15.4. The molecule has 0 unspecified atom stereocenters. The SMILES string of the molecule is CCc1ccc([C@H](C)NS(=O)(=O)Cc2ccccc2C)cc1. The molecule has 1 atom stereocenters. The van der Waals surface area contributed by atoms with E-state index < -0.39 is 10.0 Å². The van der Waals surface area contributed by atoms with Gasteiger partial charge in [-0.15, -0.1) is 0 Å². The molecule has 0 amide bonds. The van der Waals surface area contributed by atoms with Crippen molar-refractivity contribution >= 4 is 10.0 Å². The second-order valence-corrected chi connectivity index (χ2v) is 7.37. The van der Waals surface area contributed by atoms with E-state index in [1.54, 1.807) is 0 Å². The van der Waals surface area contributed by atoms with Gasteiger partial charge in [0.1, 0.15) is 0 Å². The fraction of sp³-hybridized carbons (Fsp3) is 0.333. The Morgan fingerprint density at radius 1 is 1.05 bits per heavy atom. The van der Waals surface area contributed by atoms with E-state index in [0.29, 0.717) is 0 Å². The third-order valence-electron chi connectivity index (χ3n) is 3.85. The van der Waals surface area contributed by atoms with Crippen LogP contribution in [-0.2, 0) is 22.2 Å². The highest BCUT2D eigenvalue weighted by atomic mass is 32.2. The quantitative estimate of drug-likeness (QED) is 0.882. The summed E-state index contributed by atoms with van der Waals surface area (Å²) in [7, 11) is -3.37. The van der Waals surface area contributed by atoms with Gasteiger partial charge in [0.15, 0.2) is 0 Å². The predicted molar refractivity (Wildman–Crippen MR) is 91.2 cm³/mol. The van der Waals surface area contributed by atoms with Crippen LogP contribution in [0.15, 0.2) is 48.5 Å². The van der Waals surface area contributed by atoms with Crippen LogP contribution in [0.5, 0.6) is 0 Å². The zero-order valence-corrected chi connectivity index (χ0v) is 14.2. The maximum Gasteiger partial charge on any atom is 0.216 e. The molecule has 0 saturated heterocycles. The molecular formula is C18H23NO2S. The highest BCUT2D eigenvalue weighted by molar-refractivity contribution is 7.88. The van der Waals surface area contributed by atoms with Gasteiger partial charge in [0.2, 0.25) is 10.0 Å². The lowest BCUT2D eigenvalue weighted by Crippen LogP contribution is -2.28. The van der Waals surface area contributed by atoms with Crippen LogP contribution in [0.3, 0.4) is 0 Å². The zero-order chi connectivity index (χ0) is 16.2. The fourth-order valence-corrected chi connectivity index (χ4v) is 3.89. The van der Waals surface area contributed by atoms with E-state index in [1.165, 1.54) is 5.56 Å². The van der Waals surface area contributed by atoms with Crippen LogP contribution in [0.25, 0.3) is 0 Å². The molecule has 3 nitrogen and oxygen atoms in total. The third kappa shape index (κ3) is 4.42. The largest absolute Gasteiger partial charge is 0.216 e. The van der Waals surface area contributed by atoms with E-state index >= 15 is 0 Å². The summed E-state index contributed by atoms with van der Waals surface area (Å²) in [4.78, 5) is 0. The smallest absolute Gasteiger partial charge is 0.212 e.